The second kappa shape index (κ2) is 7.85. The lowest BCUT2D eigenvalue weighted by molar-refractivity contribution is 0.101. The van der Waals surface area contributed by atoms with Crippen molar-refractivity contribution in [1.29, 1.82) is 0 Å². The smallest absolute Gasteiger partial charge is 0.227 e. The summed E-state index contributed by atoms with van der Waals surface area (Å²) in [5, 5.41) is 3.63. The van der Waals surface area contributed by atoms with Gasteiger partial charge in [0.05, 0.1) is 28.8 Å². The summed E-state index contributed by atoms with van der Waals surface area (Å²) >= 11 is 6.22. The Bertz CT molecular complexity index is 866. The van der Waals surface area contributed by atoms with Crippen LogP contribution in [-0.4, -0.2) is 20.7 Å². The fraction of sp³-hybridized carbons (Fsp3) is 0.158. The molecule has 0 radical (unpaired) electrons. The van der Waals surface area contributed by atoms with Crippen LogP contribution in [0.4, 0.5) is 11.6 Å². The first kappa shape index (κ1) is 17.0. The van der Waals surface area contributed by atoms with Gasteiger partial charge in [-0.05, 0) is 30.5 Å². The Labute approximate surface area is 151 Å². The number of aromatic nitrogens is 3. The summed E-state index contributed by atoms with van der Waals surface area (Å²) in [5.74, 6) is 0.377. The average Bonchev–Trinajstić information content (AvgIpc) is 2.63. The standard InChI is InChI=1S/C19H17ClN4O/c1-13(25)17-10-8-15(11-21-17)23-19-22-12-16(20)18(24-19)9-7-14-5-3-2-4-6-14/h2-6,8,10-12H,7,9H2,1H3,(H,22,23,24). The van der Waals surface area contributed by atoms with Crippen LogP contribution in [0.2, 0.25) is 5.02 Å². The number of carbonyl (C=O) groups excluding carboxylic acids is 1. The van der Waals surface area contributed by atoms with Gasteiger partial charge in [0.25, 0.3) is 0 Å². The molecule has 5 nitrogen and oxygen atoms in total. The van der Waals surface area contributed by atoms with E-state index in [1.807, 2.05) is 18.2 Å². The maximum Gasteiger partial charge on any atom is 0.227 e. The van der Waals surface area contributed by atoms with Gasteiger partial charge in [-0.1, -0.05) is 41.9 Å². The Hall–Kier alpha value is -2.79. The maximum atomic E-state index is 11.3. The molecule has 3 rings (SSSR count). The van der Waals surface area contributed by atoms with E-state index in [1.165, 1.54) is 12.5 Å². The molecule has 3 aromatic rings. The number of benzene rings is 1. The molecule has 126 valence electrons. The first-order valence-electron chi connectivity index (χ1n) is 7.91. The molecule has 0 saturated carbocycles. The fourth-order valence-corrected chi connectivity index (χ4v) is 2.54. The van der Waals surface area contributed by atoms with Gasteiger partial charge in [-0.2, -0.15) is 0 Å². The molecule has 1 aromatic carbocycles. The highest BCUT2D eigenvalue weighted by Gasteiger charge is 2.07. The lowest BCUT2D eigenvalue weighted by Crippen LogP contribution is -2.03. The van der Waals surface area contributed by atoms with Crippen molar-refractivity contribution < 1.29 is 4.79 Å². The minimum absolute atomic E-state index is 0.0718. The van der Waals surface area contributed by atoms with Gasteiger partial charge in [-0.25, -0.2) is 9.97 Å². The zero-order valence-corrected chi connectivity index (χ0v) is 14.5. The van der Waals surface area contributed by atoms with Crippen LogP contribution in [0.5, 0.6) is 0 Å². The van der Waals surface area contributed by atoms with E-state index in [1.54, 1.807) is 24.5 Å². The zero-order valence-electron chi connectivity index (χ0n) is 13.7. The van der Waals surface area contributed by atoms with Gasteiger partial charge in [-0.3, -0.25) is 9.78 Å². The van der Waals surface area contributed by atoms with Crippen molar-refractivity contribution in [3.8, 4) is 0 Å². The first-order valence-corrected chi connectivity index (χ1v) is 8.29. The van der Waals surface area contributed by atoms with Gasteiger partial charge in [-0.15, -0.1) is 0 Å². The number of halogens is 1. The Morgan fingerprint density at radius 3 is 2.52 bits per heavy atom. The van der Waals surface area contributed by atoms with E-state index < -0.39 is 0 Å². The van der Waals surface area contributed by atoms with Gasteiger partial charge < -0.3 is 5.32 Å². The molecule has 0 saturated heterocycles. The number of hydrogen-bond donors (Lipinski definition) is 1. The molecule has 2 heterocycles. The molecule has 2 aromatic heterocycles. The molecule has 6 heteroatoms. The van der Waals surface area contributed by atoms with Crippen LogP contribution in [0.1, 0.15) is 28.7 Å². The normalized spacial score (nSPS) is 10.5. The molecule has 0 atom stereocenters. The van der Waals surface area contributed by atoms with E-state index >= 15 is 0 Å². The van der Waals surface area contributed by atoms with Crippen molar-refractivity contribution in [2.45, 2.75) is 19.8 Å². The molecule has 0 fully saturated rings. The number of ketones is 1. The number of rotatable bonds is 6. The number of aryl methyl sites for hydroxylation is 2. The topological polar surface area (TPSA) is 67.8 Å². The van der Waals surface area contributed by atoms with Crippen molar-refractivity contribution in [3.05, 3.63) is 76.8 Å². The second-order valence-electron chi connectivity index (χ2n) is 5.59. The van der Waals surface area contributed by atoms with Crippen LogP contribution in [0.3, 0.4) is 0 Å². The zero-order chi connectivity index (χ0) is 17.6. The molecule has 0 bridgehead atoms. The summed E-state index contributed by atoms with van der Waals surface area (Å²) in [6.07, 6.45) is 4.75. The number of anilines is 2. The monoisotopic (exact) mass is 352 g/mol. The largest absolute Gasteiger partial charge is 0.323 e. The number of carbonyl (C=O) groups is 1. The SMILES string of the molecule is CC(=O)c1ccc(Nc2ncc(Cl)c(CCc3ccccc3)n2)cn1. The van der Waals surface area contributed by atoms with E-state index in [0.717, 1.165) is 18.5 Å². The minimum Gasteiger partial charge on any atom is -0.323 e. The molecule has 1 N–H and O–H groups in total. The van der Waals surface area contributed by atoms with Gasteiger partial charge >= 0.3 is 0 Å². The highest BCUT2D eigenvalue weighted by molar-refractivity contribution is 6.31. The van der Waals surface area contributed by atoms with Crippen LogP contribution >= 0.6 is 11.6 Å². The van der Waals surface area contributed by atoms with Gasteiger partial charge in [0, 0.05) is 6.92 Å². The molecule has 0 aliphatic heterocycles. The number of pyridine rings is 1. The highest BCUT2D eigenvalue weighted by Crippen LogP contribution is 2.19. The summed E-state index contributed by atoms with van der Waals surface area (Å²) in [6, 6.07) is 13.6. The Kier molecular flexibility index (Phi) is 5.36. The van der Waals surface area contributed by atoms with E-state index in [4.69, 9.17) is 11.6 Å². The van der Waals surface area contributed by atoms with Gasteiger partial charge in [0.2, 0.25) is 5.95 Å². The fourth-order valence-electron chi connectivity index (χ4n) is 2.35. The van der Waals surface area contributed by atoms with E-state index in [2.05, 4.69) is 32.4 Å². The van der Waals surface area contributed by atoms with Gasteiger partial charge in [0.1, 0.15) is 5.69 Å². The quantitative estimate of drug-likeness (QED) is 0.671. The lowest BCUT2D eigenvalue weighted by atomic mass is 10.1. The Balaban J connectivity index is 1.71. The summed E-state index contributed by atoms with van der Waals surface area (Å²) in [5.41, 5.74) is 3.15. The third kappa shape index (κ3) is 4.61. The number of nitrogens with one attached hydrogen (secondary N) is 1. The molecule has 0 unspecified atom stereocenters. The van der Waals surface area contributed by atoms with E-state index in [9.17, 15) is 4.79 Å². The molecule has 0 spiro atoms. The molecule has 0 aliphatic carbocycles. The minimum atomic E-state index is -0.0718. The van der Waals surface area contributed by atoms with Crippen molar-refractivity contribution in [3.63, 3.8) is 0 Å². The average molecular weight is 353 g/mol. The predicted octanol–water partition coefficient (Wildman–Crippen LogP) is 4.26. The number of nitrogens with zero attached hydrogens (tertiary/aromatic N) is 3. The molecule has 25 heavy (non-hydrogen) atoms. The van der Waals surface area contributed by atoms with E-state index in [0.29, 0.717) is 22.4 Å². The van der Waals surface area contributed by atoms with Crippen LogP contribution in [0.15, 0.2) is 54.9 Å². The van der Waals surface area contributed by atoms with Crippen LogP contribution in [0.25, 0.3) is 0 Å². The summed E-state index contributed by atoms with van der Waals surface area (Å²) in [4.78, 5) is 24.0. The predicted molar refractivity (Wildman–Crippen MR) is 98.4 cm³/mol. The van der Waals surface area contributed by atoms with Crippen LogP contribution in [0, 0.1) is 0 Å². The number of Topliss-reactive ketones (excluding diaryl/α,β-unsaturated/α-hetero) is 1. The van der Waals surface area contributed by atoms with Gasteiger partial charge in [0.15, 0.2) is 5.78 Å². The summed E-state index contributed by atoms with van der Waals surface area (Å²) < 4.78 is 0. The Morgan fingerprint density at radius 2 is 1.84 bits per heavy atom. The molecule has 0 amide bonds. The van der Waals surface area contributed by atoms with Crippen LogP contribution in [-0.2, 0) is 12.8 Å². The highest BCUT2D eigenvalue weighted by atomic mass is 35.5. The summed E-state index contributed by atoms with van der Waals surface area (Å²) in [6.45, 7) is 1.48. The number of hydrogen-bond acceptors (Lipinski definition) is 5. The lowest BCUT2D eigenvalue weighted by Gasteiger charge is -2.08. The van der Waals surface area contributed by atoms with E-state index in [-0.39, 0.29) is 5.78 Å². The van der Waals surface area contributed by atoms with Crippen molar-refractivity contribution in [1.82, 2.24) is 15.0 Å². The first-order chi connectivity index (χ1) is 12.1. The third-order valence-electron chi connectivity index (χ3n) is 3.69. The summed E-state index contributed by atoms with van der Waals surface area (Å²) in [7, 11) is 0. The van der Waals surface area contributed by atoms with Crippen molar-refractivity contribution in [2.24, 2.45) is 0 Å². The Morgan fingerprint density at radius 1 is 1.04 bits per heavy atom. The maximum absolute atomic E-state index is 11.3. The second-order valence-corrected chi connectivity index (χ2v) is 5.99. The molecular formula is C19H17ClN4O. The molecular weight excluding hydrogens is 336 g/mol. The third-order valence-corrected chi connectivity index (χ3v) is 4.01. The van der Waals surface area contributed by atoms with Crippen molar-refractivity contribution >= 4 is 29.0 Å². The van der Waals surface area contributed by atoms with Crippen molar-refractivity contribution in [2.75, 3.05) is 5.32 Å². The van der Waals surface area contributed by atoms with Crippen LogP contribution < -0.4 is 5.32 Å². The molecule has 0 aliphatic rings.